The lowest BCUT2D eigenvalue weighted by Crippen LogP contribution is -2.13. The highest BCUT2D eigenvalue weighted by Gasteiger charge is 2.08. The van der Waals surface area contributed by atoms with E-state index >= 15 is 0 Å². The normalized spacial score (nSPS) is 11.7. The number of fused-ring (bicyclic) bond motifs is 1. The molecular formula is C21H16ClN3S. The molecule has 1 N–H and O–H groups in total. The van der Waals surface area contributed by atoms with E-state index in [0.717, 1.165) is 27.3 Å². The lowest BCUT2D eigenvalue weighted by molar-refractivity contribution is 1.39. The van der Waals surface area contributed by atoms with E-state index < -0.39 is 0 Å². The Bertz CT molecular complexity index is 1070. The molecule has 0 radical (unpaired) electrons. The smallest absolute Gasteiger partial charge is 0.212 e. The third-order valence-corrected chi connectivity index (χ3v) is 5.06. The average molecular weight is 378 g/mol. The summed E-state index contributed by atoms with van der Waals surface area (Å²) in [5.41, 5.74) is 4.12. The predicted molar refractivity (Wildman–Crippen MR) is 112 cm³/mol. The van der Waals surface area contributed by atoms with Crippen molar-refractivity contribution >= 4 is 49.8 Å². The molecule has 0 atom stereocenters. The molecule has 1 heterocycles. The van der Waals surface area contributed by atoms with Gasteiger partial charge in [0.2, 0.25) is 5.13 Å². The lowest BCUT2D eigenvalue weighted by Gasteiger charge is -2.10. The zero-order valence-corrected chi connectivity index (χ0v) is 15.7. The third-order valence-electron chi connectivity index (χ3n) is 3.91. The number of aliphatic imine (C=N–C) groups is 1. The molecule has 0 saturated heterocycles. The van der Waals surface area contributed by atoms with Crippen LogP contribution in [0.2, 0.25) is 5.02 Å². The summed E-state index contributed by atoms with van der Waals surface area (Å²) in [6.07, 6.45) is 0. The summed E-state index contributed by atoms with van der Waals surface area (Å²) in [4.78, 5) is 9.39. The van der Waals surface area contributed by atoms with Gasteiger partial charge in [-0.2, -0.15) is 0 Å². The van der Waals surface area contributed by atoms with E-state index in [9.17, 15) is 0 Å². The van der Waals surface area contributed by atoms with Crippen LogP contribution in [-0.4, -0.2) is 10.8 Å². The van der Waals surface area contributed by atoms with Gasteiger partial charge in [0.25, 0.3) is 0 Å². The number of hydrogen-bond donors (Lipinski definition) is 1. The number of aromatic nitrogens is 1. The Labute approximate surface area is 161 Å². The summed E-state index contributed by atoms with van der Waals surface area (Å²) in [6, 6.07) is 24.0. The highest BCUT2D eigenvalue weighted by Crippen LogP contribution is 2.30. The first-order valence-corrected chi connectivity index (χ1v) is 9.41. The molecular weight excluding hydrogens is 362 g/mol. The highest BCUT2D eigenvalue weighted by atomic mass is 35.5. The van der Waals surface area contributed by atoms with Crippen molar-refractivity contribution in [3.05, 3.63) is 88.9 Å². The van der Waals surface area contributed by atoms with E-state index in [0.29, 0.717) is 10.2 Å². The summed E-state index contributed by atoms with van der Waals surface area (Å²) in [5, 5.41) is 4.82. The Balaban J connectivity index is 1.75. The van der Waals surface area contributed by atoms with Crippen LogP contribution < -0.4 is 5.32 Å². The van der Waals surface area contributed by atoms with Crippen molar-refractivity contribution in [3.63, 3.8) is 0 Å². The van der Waals surface area contributed by atoms with Gasteiger partial charge < -0.3 is 5.32 Å². The van der Waals surface area contributed by atoms with Gasteiger partial charge in [-0.05, 0) is 37.3 Å². The molecule has 26 heavy (non-hydrogen) atoms. The van der Waals surface area contributed by atoms with Gasteiger partial charge in [0, 0.05) is 16.3 Å². The number of nitrogens with one attached hydrogen (secondary N) is 1. The van der Waals surface area contributed by atoms with E-state index in [2.05, 4.69) is 29.4 Å². The van der Waals surface area contributed by atoms with Crippen LogP contribution >= 0.6 is 22.9 Å². The van der Waals surface area contributed by atoms with Crippen LogP contribution in [0.15, 0.2) is 77.8 Å². The number of amidine groups is 1. The molecule has 0 spiro atoms. The van der Waals surface area contributed by atoms with Crippen LogP contribution in [0.25, 0.3) is 10.2 Å². The summed E-state index contributed by atoms with van der Waals surface area (Å²) in [5.74, 6) is 0.764. The molecule has 3 aromatic carbocycles. The Morgan fingerprint density at radius 1 is 1.00 bits per heavy atom. The van der Waals surface area contributed by atoms with Gasteiger partial charge in [-0.3, -0.25) is 0 Å². The van der Waals surface area contributed by atoms with Crippen molar-refractivity contribution in [2.75, 3.05) is 5.32 Å². The van der Waals surface area contributed by atoms with Crippen LogP contribution in [0.5, 0.6) is 0 Å². The zero-order valence-electron chi connectivity index (χ0n) is 14.1. The van der Waals surface area contributed by atoms with Gasteiger partial charge in [0.1, 0.15) is 5.84 Å². The molecule has 3 nitrogen and oxygen atoms in total. The highest BCUT2D eigenvalue weighted by molar-refractivity contribution is 7.22. The Morgan fingerprint density at radius 2 is 1.77 bits per heavy atom. The SMILES string of the molecule is Cc1ccc(N/C(=N\c2nc3ccc(Cl)cc3s2)c2ccccc2)cc1. The summed E-state index contributed by atoms with van der Waals surface area (Å²) >= 11 is 7.60. The molecule has 1 aromatic heterocycles. The van der Waals surface area contributed by atoms with E-state index in [1.165, 1.54) is 16.9 Å². The number of benzene rings is 3. The number of thiazole rings is 1. The quantitative estimate of drug-likeness (QED) is 0.329. The molecule has 0 aliphatic heterocycles. The number of anilines is 1. The molecule has 0 bridgehead atoms. The lowest BCUT2D eigenvalue weighted by atomic mass is 10.2. The minimum atomic E-state index is 0.695. The van der Waals surface area contributed by atoms with Gasteiger partial charge in [0.05, 0.1) is 10.2 Å². The summed E-state index contributed by atoms with van der Waals surface area (Å²) in [6.45, 7) is 2.07. The van der Waals surface area contributed by atoms with Gasteiger partial charge in [-0.1, -0.05) is 71.0 Å². The molecule has 0 amide bonds. The number of hydrogen-bond acceptors (Lipinski definition) is 3. The summed E-state index contributed by atoms with van der Waals surface area (Å²) in [7, 11) is 0. The first kappa shape index (κ1) is 16.8. The van der Waals surface area contributed by atoms with Crippen LogP contribution in [-0.2, 0) is 0 Å². The number of nitrogens with zero attached hydrogens (tertiary/aromatic N) is 2. The number of halogens is 1. The first-order valence-electron chi connectivity index (χ1n) is 8.21. The fourth-order valence-corrected chi connectivity index (χ4v) is 3.68. The maximum atomic E-state index is 6.08. The maximum absolute atomic E-state index is 6.08. The minimum absolute atomic E-state index is 0.695. The van der Waals surface area contributed by atoms with Gasteiger partial charge in [0.15, 0.2) is 0 Å². The Morgan fingerprint density at radius 3 is 2.54 bits per heavy atom. The molecule has 0 aliphatic carbocycles. The van der Waals surface area contributed by atoms with Crippen LogP contribution in [0.4, 0.5) is 10.8 Å². The number of aryl methyl sites for hydroxylation is 1. The largest absolute Gasteiger partial charge is 0.340 e. The second kappa shape index (κ2) is 7.28. The minimum Gasteiger partial charge on any atom is -0.340 e. The van der Waals surface area contributed by atoms with Crippen LogP contribution in [0.3, 0.4) is 0 Å². The second-order valence-electron chi connectivity index (χ2n) is 5.93. The van der Waals surface area contributed by atoms with Crippen molar-refractivity contribution in [1.29, 1.82) is 0 Å². The standard InChI is InChI=1S/C21H16ClN3S/c1-14-7-10-17(11-8-14)23-20(15-5-3-2-4-6-15)25-21-24-18-12-9-16(22)13-19(18)26-21/h2-13H,1H3,(H,23,24,25). The molecule has 0 saturated carbocycles. The fourth-order valence-electron chi connectivity index (χ4n) is 2.56. The maximum Gasteiger partial charge on any atom is 0.212 e. The van der Waals surface area contributed by atoms with E-state index in [1.54, 1.807) is 0 Å². The van der Waals surface area contributed by atoms with Crippen molar-refractivity contribution in [2.24, 2.45) is 4.99 Å². The van der Waals surface area contributed by atoms with Crippen molar-refractivity contribution in [2.45, 2.75) is 6.92 Å². The van der Waals surface area contributed by atoms with Crippen molar-refractivity contribution < 1.29 is 0 Å². The monoisotopic (exact) mass is 377 g/mol. The molecule has 4 rings (SSSR count). The number of rotatable bonds is 3. The molecule has 5 heteroatoms. The summed E-state index contributed by atoms with van der Waals surface area (Å²) < 4.78 is 1.03. The second-order valence-corrected chi connectivity index (χ2v) is 7.37. The van der Waals surface area contributed by atoms with Crippen LogP contribution in [0, 0.1) is 6.92 Å². The Hall–Kier alpha value is -2.69. The third kappa shape index (κ3) is 3.77. The zero-order chi connectivity index (χ0) is 17.9. The molecule has 0 aliphatic rings. The van der Waals surface area contributed by atoms with Crippen LogP contribution in [0.1, 0.15) is 11.1 Å². The molecule has 4 aromatic rings. The molecule has 0 fully saturated rings. The average Bonchev–Trinajstić information content (AvgIpc) is 3.05. The van der Waals surface area contributed by atoms with E-state index in [-0.39, 0.29) is 0 Å². The predicted octanol–water partition coefficient (Wildman–Crippen LogP) is 6.45. The van der Waals surface area contributed by atoms with Gasteiger partial charge in [-0.25, -0.2) is 9.98 Å². The topological polar surface area (TPSA) is 37.3 Å². The van der Waals surface area contributed by atoms with Gasteiger partial charge in [-0.15, -0.1) is 0 Å². The fraction of sp³-hybridized carbons (Fsp3) is 0.0476. The van der Waals surface area contributed by atoms with E-state index in [4.69, 9.17) is 16.6 Å². The Kier molecular flexibility index (Phi) is 4.69. The molecule has 128 valence electrons. The van der Waals surface area contributed by atoms with Crippen molar-refractivity contribution in [1.82, 2.24) is 4.98 Å². The van der Waals surface area contributed by atoms with Gasteiger partial charge >= 0.3 is 0 Å². The van der Waals surface area contributed by atoms with Crippen molar-refractivity contribution in [3.8, 4) is 0 Å². The van der Waals surface area contributed by atoms with E-state index in [1.807, 2.05) is 60.7 Å². The first-order chi connectivity index (χ1) is 12.7. The molecule has 0 unspecified atom stereocenters.